The maximum atomic E-state index is 12.6. The quantitative estimate of drug-likeness (QED) is 0.0411. The lowest BCUT2D eigenvalue weighted by molar-refractivity contribution is -0.305. The van der Waals surface area contributed by atoms with E-state index >= 15 is 0 Å². The number of esters is 2. The van der Waals surface area contributed by atoms with E-state index in [0.29, 0.717) is 6.42 Å². The highest BCUT2D eigenvalue weighted by molar-refractivity contribution is 5.70. The molecule has 3 unspecified atom stereocenters. The number of carbonyl (C=O) groups excluding carboxylic acids is 2. The molecule has 0 bridgehead atoms. The first-order valence-corrected chi connectivity index (χ1v) is 18.4. The molecule has 0 saturated carbocycles. The van der Waals surface area contributed by atoms with Gasteiger partial charge in [0, 0.05) is 12.8 Å². The van der Waals surface area contributed by atoms with Gasteiger partial charge in [-0.1, -0.05) is 122 Å². The van der Waals surface area contributed by atoms with Crippen LogP contribution in [-0.2, 0) is 28.5 Å². The second kappa shape index (κ2) is 29.1. The highest BCUT2D eigenvalue weighted by atomic mass is 16.7. The molecular weight excluding hydrogens is 604 g/mol. The molecule has 10 heteroatoms. The van der Waals surface area contributed by atoms with Crippen molar-refractivity contribution in [2.45, 2.75) is 179 Å². The van der Waals surface area contributed by atoms with E-state index in [0.717, 1.165) is 38.5 Å². The number of hydrogen-bond acceptors (Lipinski definition) is 10. The molecule has 1 fully saturated rings. The molecular formula is C37H66O10. The van der Waals surface area contributed by atoms with E-state index in [1.54, 1.807) is 0 Å². The number of carbonyl (C=O) groups is 2. The van der Waals surface area contributed by atoms with E-state index in [1.165, 1.54) is 70.6 Å². The van der Waals surface area contributed by atoms with Gasteiger partial charge in [-0.3, -0.25) is 9.59 Å². The van der Waals surface area contributed by atoms with Crippen LogP contribution in [0.25, 0.3) is 0 Å². The van der Waals surface area contributed by atoms with Gasteiger partial charge in [0.25, 0.3) is 0 Å². The van der Waals surface area contributed by atoms with Crippen molar-refractivity contribution in [1.29, 1.82) is 0 Å². The Hall–Kier alpha value is -1.82. The second-order valence-electron chi connectivity index (χ2n) is 12.7. The van der Waals surface area contributed by atoms with Crippen LogP contribution in [0.2, 0.25) is 0 Å². The van der Waals surface area contributed by atoms with Gasteiger partial charge >= 0.3 is 11.9 Å². The SMILES string of the molecule is CCCCCCCC/C=C/C/C=C/CCC(=O)OC(COC(=O)CCCCCCCCCCC)CO[C@@H]1O[C@H](CO)[C@H](O)C(O)C1O. The molecule has 1 rings (SSSR count). The summed E-state index contributed by atoms with van der Waals surface area (Å²) in [5, 5.41) is 39.8. The maximum absolute atomic E-state index is 12.6. The van der Waals surface area contributed by atoms with Gasteiger partial charge in [0.2, 0.25) is 0 Å². The number of ether oxygens (including phenoxy) is 4. The summed E-state index contributed by atoms with van der Waals surface area (Å²) in [6.07, 6.45) is 20.7. The van der Waals surface area contributed by atoms with Crippen molar-refractivity contribution < 1.29 is 49.0 Å². The average Bonchev–Trinajstić information content (AvgIpc) is 3.06. The molecule has 0 spiro atoms. The van der Waals surface area contributed by atoms with E-state index in [2.05, 4.69) is 26.0 Å². The predicted molar refractivity (Wildman–Crippen MR) is 183 cm³/mol. The summed E-state index contributed by atoms with van der Waals surface area (Å²) in [7, 11) is 0. The summed E-state index contributed by atoms with van der Waals surface area (Å²) in [5.41, 5.74) is 0. The second-order valence-corrected chi connectivity index (χ2v) is 12.7. The molecule has 47 heavy (non-hydrogen) atoms. The molecule has 1 aliphatic heterocycles. The van der Waals surface area contributed by atoms with Crippen LogP contribution in [0.4, 0.5) is 0 Å². The molecule has 1 heterocycles. The Morgan fingerprint density at radius 3 is 1.85 bits per heavy atom. The van der Waals surface area contributed by atoms with Gasteiger partial charge in [-0.15, -0.1) is 0 Å². The highest BCUT2D eigenvalue weighted by Crippen LogP contribution is 2.22. The molecule has 1 saturated heterocycles. The van der Waals surface area contributed by atoms with Crippen LogP contribution >= 0.6 is 0 Å². The summed E-state index contributed by atoms with van der Waals surface area (Å²) < 4.78 is 21.9. The van der Waals surface area contributed by atoms with Crippen molar-refractivity contribution in [3.63, 3.8) is 0 Å². The van der Waals surface area contributed by atoms with Gasteiger partial charge in [-0.2, -0.15) is 0 Å². The summed E-state index contributed by atoms with van der Waals surface area (Å²) in [5.74, 6) is -0.889. The van der Waals surface area contributed by atoms with E-state index in [9.17, 15) is 30.0 Å². The number of rotatable bonds is 29. The zero-order chi connectivity index (χ0) is 34.5. The van der Waals surface area contributed by atoms with Crippen LogP contribution in [0.15, 0.2) is 24.3 Å². The van der Waals surface area contributed by atoms with E-state index in [-0.39, 0.29) is 26.1 Å². The highest BCUT2D eigenvalue weighted by Gasteiger charge is 2.44. The minimum atomic E-state index is -1.60. The number of hydrogen-bond donors (Lipinski definition) is 4. The molecule has 274 valence electrons. The number of aliphatic hydroxyl groups excluding tert-OH is 4. The molecule has 0 aromatic heterocycles. The lowest BCUT2D eigenvalue weighted by atomic mass is 9.99. The standard InChI is InChI=1S/C37H66O10/c1-3-5-7-9-11-13-14-15-16-18-20-22-24-26-33(40)46-30(29-45-37-36(43)35(42)34(41)31(27-38)47-37)28-44-32(39)25-23-21-19-17-12-10-8-6-4-2/h15-16,20,22,30-31,34-38,41-43H,3-14,17-19,21,23-29H2,1-2H3/b16-15+,22-20+/t30?,31-,34+,35?,36?,37-/m1/s1. The van der Waals surface area contributed by atoms with E-state index in [4.69, 9.17) is 18.9 Å². The third kappa shape index (κ3) is 21.7. The Labute approximate surface area is 283 Å². The van der Waals surface area contributed by atoms with Crippen LogP contribution in [-0.4, -0.2) is 89.0 Å². The zero-order valence-electron chi connectivity index (χ0n) is 29.3. The first kappa shape index (κ1) is 43.2. The largest absolute Gasteiger partial charge is 0.462 e. The summed E-state index contributed by atoms with van der Waals surface area (Å²) >= 11 is 0. The number of allylic oxidation sites excluding steroid dienone is 4. The minimum Gasteiger partial charge on any atom is -0.462 e. The summed E-state index contributed by atoms with van der Waals surface area (Å²) in [6, 6.07) is 0. The monoisotopic (exact) mass is 670 g/mol. The van der Waals surface area contributed by atoms with Crippen molar-refractivity contribution in [2.24, 2.45) is 0 Å². The normalized spacial score (nSPS) is 22.2. The molecule has 0 aromatic rings. The molecule has 1 aliphatic rings. The van der Waals surface area contributed by atoms with Crippen molar-refractivity contribution in [3.05, 3.63) is 24.3 Å². The van der Waals surface area contributed by atoms with Crippen LogP contribution in [0.3, 0.4) is 0 Å². The Kier molecular flexibility index (Phi) is 26.8. The van der Waals surface area contributed by atoms with Crippen LogP contribution in [0, 0.1) is 0 Å². The molecule has 4 N–H and O–H groups in total. The Morgan fingerprint density at radius 1 is 0.660 bits per heavy atom. The van der Waals surface area contributed by atoms with Gasteiger partial charge < -0.3 is 39.4 Å². The smallest absolute Gasteiger partial charge is 0.306 e. The summed E-state index contributed by atoms with van der Waals surface area (Å²) in [6.45, 7) is 3.30. The van der Waals surface area contributed by atoms with Crippen molar-refractivity contribution >= 4 is 11.9 Å². The third-order valence-corrected chi connectivity index (χ3v) is 8.35. The Bertz CT molecular complexity index is 830. The van der Waals surface area contributed by atoms with Crippen LogP contribution in [0.5, 0.6) is 0 Å². The minimum absolute atomic E-state index is 0.126. The van der Waals surface area contributed by atoms with Crippen molar-refractivity contribution in [3.8, 4) is 0 Å². The molecule has 6 atom stereocenters. The first-order chi connectivity index (χ1) is 22.8. The summed E-state index contributed by atoms with van der Waals surface area (Å²) in [4.78, 5) is 25.0. The molecule has 0 radical (unpaired) electrons. The number of aliphatic hydroxyl groups is 4. The third-order valence-electron chi connectivity index (χ3n) is 8.35. The molecule has 0 aliphatic carbocycles. The van der Waals surface area contributed by atoms with Gasteiger partial charge in [0.1, 0.15) is 31.0 Å². The van der Waals surface area contributed by atoms with Gasteiger partial charge in [0.05, 0.1) is 13.2 Å². The van der Waals surface area contributed by atoms with E-state index < -0.39 is 55.4 Å². The topological polar surface area (TPSA) is 152 Å². The average molecular weight is 671 g/mol. The van der Waals surface area contributed by atoms with Crippen molar-refractivity contribution in [1.82, 2.24) is 0 Å². The van der Waals surface area contributed by atoms with Crippen molar-refractivity contribution in [2.75, 3.05) is 19.8 Å². The maximum Gasteiger partial charge on any atom is 0.306 e. The van der Waals surface area contributed by atoms with Gasteiger partial charge in [0.15, 0.2) is 12.4 Å². The van der Waals surface area contributed by atoms with Gasteiger partial charge in [-0.25, -0.2) is 0 Å². The zero-order valence-corrected chi connectivity index (χ0v) is 29.3. The Morgan fingerprint density at radius 2 is 1.23 bits per heavy atom. The number of unbranched alkanes of at least 4 members (excludes halogenated alkanes) is 14. The predicted octanol–water partition coefficient (Wildman–Crippen LogP) is 6.21. The lowest BCUT2D eigenvalue weighted by Crippen LogP contribution is -2.59. The molecule has 10 nitrogen and oxygen atoms in total. The van der Waals surface area contributed by atoms with Crippen LogP contribution < -0.4 is 0 Å². The Balaban J connectivity index is 2.47. The molecule has 0 aromatic carbocycles. The fraction of sp³-hybridized carbons (Fsp3) is 0.838. The fourth-order valence-electron chi connectivity index (χ4n) is 5.36. The van der Waals surface area contributed by atoms with Crippen LogP contribution in [0.1, 0.15) is 142 Å². The fourth-order valence-corrected chi connectivity index (χ4v) is 5.36. The lowest BCUT2D eigenvalue weighted by Gasteiger charge is -2.39. The first-order valence-electron chi connectivity index (χ1n) is 18.4. The van der Waals surface area contributed by atoms with E-state index in [1.807, 2.05) is 12.2 Å². The van der Waals surface area contributed by atoms with Gasteiger partial charge in [-0.05, 0) is 32.1 Å². The molecule has 0 amide bonds.